The molecule has 0 aliphatic carbocycles. The first kappa shape index (κ1) is 22.0. The second kappa shape index (κ2) is 9.78. The summed E-state index contributed by atoms with van der Waals surface area (Å²) in [5, 5.41) is 3.24. The topological polar surface area (TPSA) is 71.1 Å². The van der Waals surface area contributed by atoms with Crippen LogP contribution in [0, 0.1) is 5.92 Å². The van der Waals surface area contributed by atoms with Crippen LogP contribution in [0.3, 0.4) is 0 Å². The van der Waals surface area contributed by atoms with Crippen LogP contribution in [0.1, 0.15) is 33.3 Å². The van der Waals surface area contributed by atoms with Crippen molar-refractivity contribution >= 4 is 12.0 Å². The minimum absolute atomic E-state index is 0.0582. The van der Waals surface area contributed by atoms with Crippen molar-refractivity contribution < 1.29 is 19.1 Å². The third-order valence-electron chi connectivity index (χ3n) is 4.57. The van der Waals surface area contributed by atoms with Crippen LogP contribution < -0.4 is 10.1 Å². The van der Waals surface area contributed by atoms with Gasteiger partial charge in [0, 0.05) is 32.7 Å². The molecule has 7 heteroatoms. The first-order valence-electron chi connectivity index (χ1n) is 9.84. The van der Waals surface area contributed by atoms with Crippen molar-refractivity contribution in [3.05, 3.63) is 29.8 Å². The molecule has 1 N–H and O–H groups in total. The highest BCUT2D eigenvalue weighted by molar-refractivity contribution is 5.81. The standard InChI is InChI=1S/C21H33N3O4/c1-6-22-13-17-15-24(20(26)28-21(2,3)4)12-11-23(19(17)25)14-16-7-9-18(27-5)10-8-16/h7-10,17,22H,6,11-15H2,1-5H3. The van der Waals surface area contributed by atoms with E-state index in [9.17, 15) is 9.59 Å². The van der Waals surface area contributed by atoms with Crippen LogP contribution in [0.4, 0.5) is 4.79 Å². The fraction of sp³-hybridized carbons (Fsp3) is 0.619. The van der Waals surface area contributed by atoms with E-state index in [1.165, 1.54) is 0 Å². The quantitative estimate of drug-likeness (QED) is 0.807. The number of methoxy groups -OCH3 is 1. The second-order valence-corrected chi connectivity index (χ2v) is 8.04. The van der Waals surface area contributed by atoms with Gasteiger partial charge in [-0.3, -0.25) is 4.79 Å². The molecule has 0 aromatic heterocycles. The Morgan fingerprint density at radius 2 is 1.89 bits per heavy atom. The second-order valence-electron chi connectivity index (χ2n) is 8.04. The van der Waals surface area contributed by atoms with Crippen LogP contribution in [0.25, 0.3) is 0 Å². The van der Waals surface area contributed by atoms with Crippen molar-refractivity contribution in [1.29, 1.82) is 0 Å². The van der Waals surface area contributed by atoms with Gasteiger partial charge in [-0.2, -0.15) is 0 Å². The normalized spacial score (nSPS) is 18.0. The van der Waals surface area contributed by atoms with E-state index in [4.69, 9.17) is 9.47 Å². The first-order chi connectivity index (χ1) is 13.2. The minimum Gasteiger partial charge on any atom is -0.497 e. The summed E-state index contributed by atoms with van der Waals surface area (Å²) in [6, 6.07) is 7.70. The molecule has 2 amide bonds. The SMILES string of the molecule is CCNCC1CN(C(=O)OC(C)(C)C)CCN(Cc2ccc(OC)cc2)C1=O. The maximum Gasteiger partial charge on any atom is 0.410 e. The predicted molar refractivity (Wildman–Crippen MR) is 108 cm³/mol. The number of nitrogens with one attached hydrogen (secondary N) is 1. The molecule has 0 spiro atoms. The monoisotopic (exact) mass is 391 g/mol. The number of nitrogens with zero attached hydrogens (tertiary/aromatic N) is 2. The lowest BCUT2D eigenvalue weighted by Crippen LogP contribution is -2.43. The van der Waals surface area contributed by atoms with Gasteiger partial charge >= 0.3 is 6.09 Å². The van der Waals surface area contributed by atoms with Gasteiger partial charge in [-0.1, -0.05) is 19.1 Å². The Morgan fingerprint density at radius 3 is 2.46 bits per heavy atom. The molecule has 1 aromatic carbocycles. The van der Waals surface area contributed by atoms with E-state index in [0.717, 1.165) is 17.9 Å². The largest absolute Gasteiger partial charge is 0.497 e. The fourth-order valence-electron chi connectivity index (χ4n) is 3.12. The molecule has 1 aliphatic heterocycles. The zero-order valence-corrected chi connectivity index (χ0v) is 17.7. The summed E-state index contributed by atoms with van der Waals surface area (Å²) < 4.78 is 10.7. The van der Waals surface area contributed by atoms with Crippen molar-refractivity contribution in [3.63, 3.8) is 0 Å². The molecule has 1 atom stereocenters. The number of amides is 2. The molecule has 156 valence electrons. The molecule has 1 aliphatic rings. The number of benzene rings is 1. The van der Waals surface area contributed by atoms with E-state index in [1.807, 2.05) is 56.9 Å². The van der Waals surface area contributed by atoms with Gasteiger partial charge in [0.25, 0.3) is 0 Å². The van der Waals surface area contributed by atoms with Gasteiger partial charge in [-0.25, -0.2) is 4.79 Å². The van der Waals surface area contributed by atoms with Crippen molar-refractivity contribution in [1.82, 2.24) is 15.1 Å². The highest BCUT2D eigenvalue weighted by Gasteiger charge is 2.33. The summed E-state index contributed by atoms with van der Waals surface area (Å²) in [4.78, 5) is 29.2. The van der Waals surface area contributed by atoms with E-state index in [1.54, 1.807) is 12.0 Å². The summed E-state index contributed by atoms with van der Waals surface area (Å²) in [5.41, 5.74) is 0.468. The van der Waals surface area contributed by atoms with Gasteiger partial charge < -0.3 is 24.6 Å². The van der Waals surface area contributed by atoms with Crippen LogP contribution in [0.5, 0.6) is 5.75 Å². The van der Waals surface area contributed by atoms with Gasteiger partial charge in [-0.05, 0) is 45.0 Å². The fourth-order valence-corrected chi connectivity index (χ4v) is 3.12. The predicted octanol–water partition coefficient (Wildman–Crippen LogP) is 2.50. The van der Waals surface area contributed by atoms with Crippen LogP contribution in [-0.2, 0) is 16.1 Å². The number of hydrogen-bond acceptors (Lipinski definition) is 5. The number of carbonyl (C=O) groups excluding carboxylic acids is 2. The summed E-state index contributed by atoms with van der Waals surface area (Å²) in [6.45, 7) is 10.7. The Hall–Kier alpha value is -2.28. The van der Waals surface area contributed by atoms with Crippen LogP contribution in [0.2, 0.25) is 0 Å². The Kier molecular flexibility index (Phi) is 7.69. The molecule has 2 rings (SSSR count). The average molecular weight is 392 g/mol. The molecule has 28 heavy (non-hydrogen) atoms. The highest BCUT2D eigenvalue weighted by atomic mass is 16.6. The van der Waals surface area contributed by atoms with Crippen LogP contribution >= 0.6 is 0 Å². The van der Waals surface area contributed by atoms with E-state index in [2.05, 4.69) is 5.32 Å². The maximum atomic E-state index is 13.1. The molecule has 1 saturated heterocycles. The highest BCUT2D eigenvalue weighted by Crippen LogP contribution is 2.19. The number of carbonyl (C=O) groups is 2. The summed E-state index contributed by atoms with van der Waals surface area (Å²) >= 11 is 0. The molecule has 1 aromatic rings. The molecule has 1 fully saturated rings. The molecule has 0 saturated carbocycles. The maximum absolute atomic E-state index is 13.1. The Labute approximate surface area is 168 Å². The van der Waals surface area contributed by atoms with E-state index >= 15 is 0 Å². The molecule has 7 nitrogen and oxygen atoms in total. The minimum atomic E-state index is -0.562. The van der Waals surface area contributed by atoms with Gasteiger partial charge in [0.05, 0.1) is 13.0 Å². The third-order valence-corrected chi connectivity index (χ3v) is 4.57. The lowest BCUT2D eigenvalue weighted by Gasteiger charge is -2.27. The van der Waals surface area contributed by atoms with Gasteiger partial charge in [0.1, 0.15) is 11.4 Å². The number of ether oxygens (including phenoxy) is 2. The molecule has 1 unspecified atom stereocenters. The van der Waals surface area contributed by atoms with Crippen LogP contribution in [-0.4, -0.2) is 67.2 Å². The molecule has 1 heterocycles. The van der Waals surface area contributed by atoms with Crippen molar-refractivity contribution in [3.8, 4) is 5.75 Å². The van der Waals surface area contributed by atoms with Crippen LogP contribution in [0.15, 0.2) is 24.3 Å². The lowest BCUT2D eigenvalue weighted by molar-refractivity contribution is -0.135. The zero-order valence-electron chi connectivity index (χ0n) is 17.7. The van der Waals surface area contributed by atoms with Gasteiger partial charge in [0.15, 0.2) is 0 Å². The lowest BCUT2D eigenvalue weighted by atomic mass is 10.1. The van der Waals surface area contributed by atoms with Gasteiger partial charge in [0.2, 0.25) is 5.91 Å². The van der Waals surface area contributed by atoms with Crippen molar-refractivity contribution in [2.24, 2.45) is 5.92 Å². The van der Waals surface area contributed by atoms with Crippen molar-refractivity contribution in [2.45, 2.75) is 39.8 Å². The Balaban J connectivity index is 2.13. The molecule has 0 radical (unpaired) electrons. The first-order valence-corrected chi connectivity index (χ1v) is 9.84. The molecule has 0 bridgehead atoms. The summed E-state index contributed by atoms with van der Waals surface area (Å²) in [6.07, 6.45) is -0.368. The third kappa shape index (κ3) is 6.41. The van der Waals surface area contributed by atoms with E-state index in [-0.39, 0.29) is 17.9 Å². The zero-order chi connectivity index (χ0) is 20.7. The Morgan fingerprint density at radius 1 is 1.21 bits per heavy atom. The summed E-state index contributed by atoms with van der Waals surface area (Å²) in [5.74, 6) is 0.545. The Bertz CT molecular complexity index is 655. The van der Waals surface area contributed by atoms with E-state index < -0.39 is 5.60 Å². The van der Waals surface area contributed by atoms with Crippen molar-refractivity contribution in [2.75, 3.05) is 39.8 Å². The molecular formula is C21H33N3O4. The number of hydrogen-bond donors (Lipinski definition) is 1. The smallest absolute Gasteiger partial charge is 0.410 e. The van der Waals surface area contributed by atoms with Gasteiger partial charge in [-0.15, -0.1) is 0 Å². The average Bonchev–Trinajstić information content (AvgIpc) is 2.79. The summed E-state index contributed by atoms with van der Waals surface area (Å²) in [7, 11) is 1.63. The number of rotatable bonds is 6. The van der Waals surface area contributed by atoms with E-state index in [0.29, 0.717) is 32.7 Å². The molecular weight excluding hydrogens is 358 g/mol.